The van der Waals surface area contributed by atoms with Crippen LogP contribution < -0.4 is 5.32 Å². The van der Waals surface area contributed by atoms with E-state index in [9.17, 15) is 18.0 Å². The van der Waals surface area contributed by atoms with Crippen molar-refractivity contribution < 1.29 is 22.7 Å². The number of rotatable bonds is 9. The summed E-state index contributed by atoms with van der Waals surface area (Å²) in [5, 5.41) is 7.75. The van der Waals surface area contributed by atoms with E-state index in [4.69, 9.17) is 9.84 Å². The molecule has 0 saturated carbocycles. The number of aromatic nitrogens is 3. The number of halogens is 3. The smallest absolute Gasteiger partial charge is 0.357 e. The lowest BCUT2D eigenvalue weighted by Gasteiger charge is -2.23. The maximum absolute atomic E-state index is 13.8. The lowest BCUT2D eigenvalue weighted by atomic mass is 9.90. The van der Waals surface area contributed by atoms with Gasteiger partial charge >= 0.3 is 6.18 Å². The molecule has 0 radical (unpaired) electrons. The molecular weight excluding hydrogens is 533 g/mol. The molecule has 41 heavy (non-hydrogen) atoms. The maximum Gasteiger partial charge on any atom is 0.416 e. The highest BCUT2D eigenvalue weighted by atomic mass is 19.4. The molecule has 0 aliphatic carbocycles. The van der Waals surface area contributed by atoms with Gasteiger partial charge < -0.3 is 15.0 Å². The van der Waals surface area contributed by atoms with E-state index in [1.54, 1.807) is 29.9 Å². The Morgan fingerprint density at radius 2 is 2.02 bits per heavy atom. The number of benzene rings is 1. The second-order valence-corrected chi connectivity index (χ2v) is 10.2. The van der Waals surface area contributed by atoms with Crippen LogP contribution in [0.25, 0.3) is 17.3 Å². The molecule has 2 aromatic heterocycles. The van der Waals surface area contributed by atoms with Crippen molar-refractivity contribution >= 4 is 24.5 Å². The summed E-state index contributed by atoms with van der Waals surface area (Å²) in [6.45, 7) is 12.2. The Bertz CT molecular complexity index is 1450. The Balaban J connectivity index is 1.70. The van der Waals surface area contributed by atoms with Gasteiger partial charge in [-0.25, -0.2) is 9.67 Å². The molecule has 11 heteroatoms. The van der Waals surface area contributed by atoms with Crippen LogP contribution in [-0.2, 0) is 15.7 Å². The molecule has 0 bridgehead atoms. The zero-order valence-electron chi connectivity index (χ0n) is 23.9. The van der Waals surface area contributed by atoms with E-state index in [1.807, 2.05) is 44.9 Å². The van der Waals surface area contributed by atoms with Crippen LogP contribution in [0.4, 0.5) is 19.0 Å². The van der Waals surface area contributed by atoms with Gasteiger partial charge in [-0.3, -0.25) is 9.78 Å². The van der Waals surface area contributed by atoms with Crippen molar-refractivity contribution in [1.29, 1.82) is 0 Å². The molecule has 3 heterocycles. The van der Waals surface area contributed by atoms with Crippen molar-refractivity contribution in [2.24, 2.45) is 4.99 Å². The summed E-state index contributed by atoms with van der Waals surface area (Å²) in [7, 11) is 1.83. The average molecular weight is 569 g/mol. The number of ether oxygens (including phenoxy) is 1. The minimum absolute atomic E-state index is 0.177. The molecule has 0 spiro atoms. The third kappa shape index (κ3) is 6.57. The minimum Gasteiger partial charge on any atom is -0.357 e. The van der Waals surface area contributed by atoms with Gasteiger partial charge in [0, 0.05) is 60.2 Å². The van der Waals surface area contributed by atoms with Gasteiger partial charge in [0.15, 0.2) is 5.82 Å². The predicted octanol–water partition coefficient (Wildman–Crippen LogP) is 5.78. The second kappa shape index (κ2) is 12.4. The van der Waals surface area contributed by atoms with Crippen molar-refractivity contribution in [3.8, 4) is 11.3 Å². The molecular formula is C30H35F3N6O2. The molecule has 1 saturated heterocycles. The number of aliphatic imine (C=N–C) groups is 1. The second-order valence-electron chi connectivity index (χ2n) is 10.2. The standard InChI is InChI=1S/C30H35F3N6O2/c1-7-41-20(4)39-28(34-5)23(27(37-39)21-12-13-35-19(3)15-21)14-18(2)29(40)36-26-17-38(6)16-24(26)22-10-8-9-11-25(22)30(31,32)33/h8-15,20,24,26H,5,7,16-17H2,1-4,6H3,(H,36,40)/b18-14+/t20?,24-,26+/m0/s1. The average Bonchev–Trinajstić information content (AvgIpc) is 3.47. The molecule has 3 aromatic rings. The van der Waals surface area contributed by atoms with E-state index in [1.165, 1.54) is 12.1 Å². The number of amides is 1. The Morgan fingerprint density at radius 1 is 1.29 bits per heavy atom. The van der Waals surface area contributed by atoms with Crippen molar-refractivity contribution in [1.82, 2.24) is 25.0 Å². The summed E-state index contributed by atoms with van der Waals surface area (Å²) in [6.07, 6.45) is -1.57. The van der Waals surface area contributed by atoms with Gasteiger partial charge in [-0.1, -0.05) is 18.2 Å². The summed E-state index contributed by atoms with van der Waals surface area (Å²) in [5.41, 5.74) is 2.58. The number of pyridine rings is 1. The molecule has 1 aliphatic rings. The van der Waals surface area contributed by atoms with Gasteiger partial charge in [0.05, 0.1) is 5.56 Å². The molecule has 8 nitrogen and oxygen atoms in total. The fraction of sp³-hybridized carbons (Fsp3) is 0.400. The highest BCUT2D eigenvalue weighted by molar-refractivity contribution is 5.99. The van der Waals surface area contributed by atoms with Crippen LogP contribution in [0.2, 0.25) is 0 Å². The maximum atomic E-state index is 13.8. The van der Waals surface area contributed by atoms with Gasteiger partial charge in [0.25, 0.3) is 0 Å². The van der Waals surface area contributed by atoms with E-state index in [0.717, 1.165) is 17.3 Å². The number of hydrogen-bond acceptors (Lipinski definition) is 6. The van der Waals surface area contributed by atoms with Gasteiger partial charge in [-0.2, -0.15) is 18.3 Å². The fourth-order valence-electron chi connectivity index (χ4n) is 5.30. The van der Waals surface area contributed by atoms with Crippen LogP contribution in [0.3, 0.4) is 0 Å². The van der Waals surface area contributed by atoms with E-state index < -0.39 is 35.8 Å². The number of hydrogen-bond donors (Lipinski definition) is 1. The molecule has 1 fully saturated rings. The molecule has 1 aliphatic heterocycles. The van der Waals surface area contributed by atoms with Crippen molar-refractivity contribution in [2.45, 2.75) is 52.1 Å². The third-order valence-corrected chi connectivity index (χ3v) is 7.20. The van der Waals surface area contributed by atoms with Crippen LogP contribution in [0, 0.1) is 6.92 Å². The number of aryl methyl sites for hydroxylation is 1. The zero-order valence-corrected chi connectivity index (χ0v) is 23.9. The van der Waals surface area contributed by atoms with Crippen LogP contribution in [0.1, 0.15) is 55.3 Å². The normalized spacial score (nSPS) is 18.9. The SMILES string of the molecule is C=Nc1c(/C=C(\C)C(=O)N[C@@H]2CN(C)C[C@H]2c2ccccc2C(F)(F)F)c(-c2ccnc(C)c2)nn1C(C)OCC. The van der Waals surface area contributed by atoms with E-state index in [2.05, 4.69) is 22.0 Å². The van der Waals surface area contributed by atoms with Crippen LogP contribution >= 0.6 is 0 Å². The number of carbonyl (C=O) groups excluding carboxylic acids is 1. The molecule has 4 rings (SSSR count). The number of nitrogens with one attached hydrogen (secondary N) is 1. The predicted molar refractivity (Wildman–Crippen MR) is 153 cm³/mol. The summed E-state index contributed by atoms with van der Waals surface area (Å²) in [5.74, 6) is -0.484. The number of carbonyl (C=O) groups is 1. The number of likely N-dealkylation sites (tertiary alicyclic amines) is 1. The quantitative estimate of drug-likeness (QED) is 0.262. The van der Waals surface area contributed by atoms with Crippen molar-refractivity contribution in [2.75, 3.05) is 26.7 Å². The third-order valence-electron chi connectivity index (χ3n) is 7.20. The van der Waals surface area contributed by atoms with Gasteiger partial charge in [-0.15, -0.1) is 0 Å². The van der Waals surface area contributed by atoms with Crippen molar-refractivity contribution in [3.05, 3.63) is 70.6 Å². The van der Waals surface area contributed by atoms with Crippen LogP contribution in [0.15, 0.2) is 53.2 Å². The Morgan fingerprint density at radius 3 is 2.68 bits per heavy atom. The first kappa shape index (κ1) is 30.1. The topological polar surface area (TPSA) is 84.6 Å². The van der Waals surface area contributed by atoms with E-state index in [0.29, 0.717) is 42.3 Å². The molecule has 3 atom stereocenters. The highest BCUT2D eigenvalue weighted by Crippen LogP contribution is 2.39. The highest BCUT2D eigenvalue weighted by Gasteiger charge is 2.40. The van der Waals surface area contributed by atoms with Gasteiger partial charge in [0.1, 0.15) is 11.9 Å². The number of alkyl halides is 3. The van der Waals surface area contributed by atoms with Crippen LogP contribution in [-0.4, -0.2) is 65.1 Å². The first-order chi connectivity index (χ1) is 19.4. The first-order valence-electron chi connectivity index (χ1n) is 13.4. The summed E-state index contributed by atoms with van der Waals surface area (Å²) >= 11 is 0. The molecule has 1 aromatic carbocycles. The Hall–Kier alpha value is -3.83. The zero-order chi connectivity index (χ0) is 29.9. The monoisotopic (exact) mass is 568 g/mol. The van der Waals surface area contributed by atoms with Crippen LogP contribution in [0.5, 0.6) is 0 Å². The van der Waals surface area contributed by atoms with E-state index >= 15 is 0 Å². The lowest BCUT2D eigenvalue weighted by Crippen LogP contribution is -2.40. The largest absolute Gasteiger partial charge is 0.416 e. The number of likely N-dealkylation sites (N-methyl/N-ethyl adjacent to an activating group) is 1. The lowest BCUT2D eigenvalue weighted by molar-refractivity contribution is -0.138. The Labute approximate surface area is 237 Å². The van der Waals surface area contributed by atoms with Gasteiger partial charge in [0.2, 0.25) is 5.91 Å². The minimum atomic E-state index is -4.49. The first-order valence-corrected chi connectivity index (χ1v) is 13.4. The molecule has 1 N–H and O–H groups in total. The Kier molecular flexibility index (Phi) is 9.08. The number of nitrogens with zero attached hydrogens (tertiary/aromatic N) is 5. The summed E-state index contributed by atoms with van der Waals surface area (Å²) < 4.78 is 48.8. The molecule has 218 valence electrons. The van der Waals surface area contributed by atoms with E-state index in [-0.39, 0.29) is 5.56 Å². The molecule has 1 amide bonds. The molecule has 1 unspecified atom stereocenters. The summed E-state index contributed by atoms with van der Waals surface area (Å²) in [4.78, 5) is 23.9. The van der Waals surface area contributed by atoms with Crippen molar-refractivity contribution in [3.63, 3.8) is 0 Å². The van der Waals surface area contributed by atoms with Gasteiger partial charge in [-0.05, 0) is 71.3 Å². The fourth-order valence-corrected chi connectivity index (χ4v) is 5.30. The summed E-state index contributed by atoms with van der Waals surface area (Å²) in [6, 6.07) is 8.75.